The van der Waals surface area contributed by atoms with Crippen LogP contribution in [0, 0.1) is 17.0 Å². The number of phenolic OH excluding ortho intramolecular Hbond substituents is 1. The van der Waals surface area contributed by atoms with E-state index >= 15 is 0 Å². The Labute approximate surface area is 110 Å². The molecule has 0 saturated heterocycles. The van der Waals surface area contributed by atoms with Crippen LogP contribution in [0.25, 0.3) is 0 Å². The zero-order valence-electron chi connectivity index (χ0n) is 10.3. The minimum absolute atomic E-state index is 0.0403. The first-order chi connectivity index (χ1) is 9.06. The van der Waals surface area contributed by atoms with Crippen LogP contribution in [0.3, 0.4) is 0 Å². The second kappa shape index (κ2) is 5.30. The monoisotopic (exact) mass is 256 g/mol. The van der Waals surface area contributed by atoms with Gasteiger partial charge in [0.25, 0.3) is 5.69 Å². The molecule has 0 aliphatic rings. The number of rotatable bonds is 3. The predicted octanol–water partition coefficient (Wildman–Crippen LogP) is 3.36. The topological polar surface area (TPSA) is 75.7 Å². The Hall–Kier alpha value is -2.69. The maximum Gasteiger partial charge on any atom is 0.270 e. The zero-order valence-corrected chi connectivity index (χ0v) is 10.3. The van der Waals surface area contributed by atoms with Gasteiger partial charge in [0.2, 0.25) is 0 Å². The first-order valence-electron chi connectivity index (χ1n) is 5.64. The molecule has 2 rings (SSSR count). The average Bonchev–Trinajstić information content (AvgIpc) is 2.39. The third kappa shape index (κ3) is 3.16. The zero-order chi connectivity index (χ0) is 13.8. The summed E-state index contributed by atoms with van der Waals surface area (Å²) in [5.74, 6) is -0.0403. The lowest BCUT2D eigenvalue weighted by atomic mass is 10.2. The number of aromatic hydroxyl groups is 1. The van der Waals surface area contributed by atoms with Crippen molar-refractivity contribution < 1.29 is 10.0 Å². The smallest absolute Gasteiger partial charge is 0.270 e. The molecule has 0 unspecified atom stereocenters. The molecule has 1 N–H and O–H groups in total. The van der Waals surface area contributed by atoms with E-state index in [1.165, 1.54) is 24.4 Å². The van der Waals surface area contributed by atoms with Gasteiger partial charge in [-0.05, 0) is 25.1 Å². The highest BCUT2D eigenvalue weighted by molar-refractivity contribution is 5.86. The molecular formula is C14H12N2O3. The number of nitro groups is 1. The van der Waals surface area contributed by atoms with Crippen LogP contribution < -0.4 is 0 Å². The average molecular weight is 256 g/mol. The van der Waals surface area contributed by atoms with E-state index in [0.29, 0.717) is 5.56 Å². The van der Waals surface area contributed by atoms with Crippen molar-refractivity contribution in [3.05, 3.63) is 63.7 Å². The van der Waals surface area contributed by atoms with E-state index in [1.807, 2.05) is 31.2 Å². The van der Waals surface area contributed by atoms with Crippen LogP contribution in [-0.2, 0) is 0 Å². The fourth-order valence-electron chi connectivity index (χ4n) is 1.53. The molecule has 5 heteroatoms. The summed E-state index contributed by atoms with van der Waals surface area (Å²) in [5, 5.41) is 20.3. The van der Waals surface area contributed by atoms with E-state index < -0.39 is 4.92 Å². The summed E-state index contributed by atoms with van der Waals surface area (Å²) in [5.41, 5.74) is 2.08. The van der Waals surface area contributed by atoms with Crippen LogP contribution >= 0.6 is 0 Å². The molecule has 5 nitrogen and oxygen atoms in total. The first kappa shape index (κ1) is 12.8. The Balaban J connectivity index is 2.29. The number of hydrogen-bond acceptors (Lipinski definition) is 4. The summed E-state index contributed by atoms with van der Waals surface area (Å²) in [6.07, 6.45) is 1.41. The molecule has 2 aromatic carbocycles. The second-order valence-electron chi connectivity index (χ2n) is 4.09. The maximum absolute atomic E-state index is 10.7. The first-order valence-corrected chi connectivity index (χ1v) is 5.64. The molecule has 0 saturated carbocycles. The van der Waals surface area contributed by atoms with Crippen LogP contribution in [0.4, 0.5) is 11.4 Å². The van der Waals surface area contributed by atoms with Crippen LogP contribution in [0.2, 0.25) is 0 Å². The summed E-state index contributed by atoms with van der Waals surface area (Å²) in [6.45, 7) is 1.97. The molecule has 0 heterocycles. The predicted molar refractivity (Wildman–Crippen MR) is 73.2 cm³/mol. The number of non-ortho nitro benzene ring substituents is 1. The van der Waals surface area contributed by atoms with E-state index in [2.05, 4.69) is 4.99 Å². The molecule has 0 radical (unpaired) electrons. The normalized spacial score (nSPS) is 10.8. The quantitative estimate of drug-likeness (QED) is 0.519. The van der Waals surface area contributed by atoms with E-state index in [9.17, 15) is 15.2 Å². The van der Waals surface area contributed by atoms with Crippen molar-refractivity contribution in [3.63, 3.8) is 0 Å². The number of aliphatic imine (C=N–C) groups is 1. The van der Waals surface area contributed by atoms with Gasteiger partial charge in [-0.25, -0.2) is 0 Å². The number of nitro benzene ring substituents is 1. The lowest BCUT2D eigenvalue weighted by molar-refractivity contribution is -0.384. The standard InChI is InChI=1S/C14H12N2O3/c1-10-2-4-12(5-3-10)15-9-11-8-13(16(18)19)6-7-14(11)17/h2-9,17H,1H3. The van der Waals surface area contributed by atoms with Crippen molar-refractivity contribution >= 4 is 17.6 Å². The van der Waals surface area contributed by atoms with Crippen molar-refractivity contribution in [1.29, 1.82) is 0 Å². The molecule has 0 bridgehead atoms. The molecule has 19 heavy (non-hydrogen) atoms. The fraction of sp³-hybridized carbons (Fsp3) is 0.0714. The highest BCUT2D eigenvalue weighted by Gasteiger charge is 2.08. The highest BCUT2D eigenvalue weighted by Crippen LogP contribution is 2.22. The number of benzene rings is 2. The number of phenols is 1. The Morgan fingerprint density at radius 3 is 2.53 bits per heavy atom. The van der Waals surface area contributed by atoms with Gasteiger partial charge in [-0.1, -0.05) is 17.7 Å². The maximum atomic E-state index is 10.7. The lowest BCUT2D eigenvalue weighted by Crippen LogP contribution is -1.90. The summed E-state index contributed by atoms with van der Waals surface area (Å²) >= 11 is 0. The van der Waals surface area contributed by atoms with Crippen LogP contribution in [0.15, 0.2) is 47.5 Å². The number of nitrogens with zero attached hydrogens (tertiary/aromatic N) is 2. The van der Waals surface area contributed by atoms with E-state index in [-0.39, 0.29) is 11.4 Å². The summed E-state index contributed by atoms with van der Waals surface area (Å²) in [4.78, 5) is 14.3. The Morgan fingerprint density at radius 2 is 1.89 bits per heavy atom. The van der Waals surface area contributed by atoms with Crippen molar-refractivity contribution in [3.8, 4) is 5.75 Å². The van der Waals surface area contributed by atoms with Crippen LogP contribution in [0.5, 0.6) is 5.75 Å². The molecular weight excluding hydrogens is 244 g/mol. The molecule has 0 aliphatic carbocycles. The minimum Gasteiger partial charge on any atom is -0.507 e. The van der Waals surface area contributed by atoms with Gasteiger partial charge in [0.05, 0.1) is 10.6 Å². The molecule has 0 aliphatic heterocycles. The molecule has 0 atom stereocenters. The van der Waals surface area contributed by atoms with Crippen LogP contribution in [-0.4, -0.2) is 16.2 Å². The lowest BCUT2D eigenvalue weighted by Gasteiger charge is -1.99. The number of hydrogen-bond donors (Lipinski definition) is 1. The third-order valence-electron chi connectivity index (χ3n) is 2.61. The summed E-state index contributed by atoms with van der Waals surface area (Å²) in [7, 11) is 0. The summed E-state index contributed by atoms with van der Waals surface area (Å²) in [6, 6.07) is 11.3. The van der Waals surface area contributed by atoms with Gasteiger partial charge in [-0.15, -0.1) is 0 Å². The van der Waals surface area contributed by atoms with Gasteiger partial charge in [0.1, 0.15) is 5.75 Å². The molecule has 0 fully saturated rings. The Kier molecular flexibility index (Phi) is 3.56. The largest absolute Gasteiger partial charge is 0.507 e. The Morgan fingerprint density at radius 1 is 1.21 bits per heavy atom. The van der Waals surface area contributed by atoms with E-state index in [1.54, 1.807) is 0 Å². The molecule has 0 spiro atoms. The second-order valence-corrected chi connectivity index (χ2v) is 4.09. The van der Waals surface area contributed by atoms with Crippen molar-refractivity contribution in [2.24, 2.45) is 4.99 Å². The van der Waals surface area contributed by atoms with Gasteiger partial charge in [0, 0.05) is 23.9 Å². The molecule has 2 aromatic rings. The van der Waals surface area contributed by atoms with E-state index in [0.717, 1.165) is 11.3 Å². The van der Waals surface area contributed by atoms with Gasteiger partial charge < -0.3 is 5.11 Å². The van der Waals surface area contributed by atoms with Crippen LogP contribution in [0.1, 0.15) is 11.1 Å². The van der Waals surface area contributed by atoms with Gasteiger partial charge in [-0.2, -0.15) is 0 Å². The molecule has 0 amide bonds. The van der Waals surface area contributed by atoms with Gasteiger partial charge >= 0.3 is 0 Å². The van der Waals surface area contributed by atoms with Crippen molar-refractivity contribution in [1.82, 2.24) is 0 Å². The van der Waals surface area contributed by atoms with Crippen molar-refractivity contribution in [2.75, 3.05) is 0 Å². The molecule has 0 aromatic heterocycles. The van der Waals surface area contributed by atoms with Gasteiger partial charge in [-0.3, -0.25) is 15.1 Å². The number of aryl methyl sites for hydroxylation is 1. The van der Waals surface area contributed by atoms with Crippen molar-refractivity contribution in [2.45, 2.75) is 6.92 Å². The summed E-state index contributed by atoms with van der Waals surface area (Å²) < 4.78 is 0. The van der Waals surface area contributed by atoms with E-state index in [4.69, 9.17) is 0 Å². The molecule has 96 valence electrons. The SMILES string of the molecule is Cc1ccc(N=Cc2cc([N+](=O)[O-])ccc2O)cc1. The third-order valence-corrected chi connectivity index (χ3v) is 2.61. The Bertz CT molecular complexity index is 634. The van der Waals surface area contributed by atoms with Gasteiger partial charge in [0.15, 0.2) is 0 Å². The highest BCUT2D eigenvalue weighted by atomic mass is 16.6. The fourth-order valence-corrected chi connectivity index (χ4v) is 1.53. The minimum atomic E-state index is -0.511.